The van der Waals surface area contributed by atoms with Gasteiger partial charge in [-0.1, -0.05) is 66.3 Å². The van der Waals surface area contributed by atoms with Crippen molar-refractivity contribution in [3.63, 3.8) is 0 Å². The van der Waals surface area contributed by atoms with Crippen LogP contribution in [-0.2, 0) is 6.54 Å². The first-order chi connectivity index (χ1) is 15.7. The Hall–Kier alpha value is -3.76. The molecule has 0 bridgehead atoms. The van der Waals surface area contributed by atoms with E-state index in [0.717, 1.165) is 39.8 Å². The molecule has 0 saturated heterocycles. The number of benzene rings is 3. The third kappa shape index (κ3) is 4.18. The van der Waals surface area contributed by atoms with E-state index in [1.54, 1.807) is 13.0 Å². The number of aromatic nitrogens is 1. The maximum Gasteiger partial charge on any atom is 0.151 e. The number of nitrogens with zero attached hydrogens (tertiary/aromatic N) is 1. The molecule has 0 fully saturated rings. The molecule has 0 aliphatic rings. The highest BCUT2D eigenvalue weighted by atomic mass is 16.3. The summed E-state index contributed by atoms with van der Waals surface area (Å²) in [5.74, 6) is 0.858. The third-order valence-electron chi connectivity index (χ3n) is 5.51. The molecular formula is C28H27NO3. The van der Waals surface area contributed by atoms with E-state index in [2.05, 4.69) is 65.2 Å². The largest absolute Gasteiger partial charge is 0.516 e. The molecule has 32 heavy (non-hydrogen) atoms. The van der Waals surface area contributed by atoms with E-state index in [1.807, 2.05) is 25.1 Å². The molecule has 0 spiro atoms. The Morgan fingerprint density at radius 1 is 0.938 bits per heavy atom. The Labute approximate surface area is 187 Å². The van der Waals surface area contributed by atoms with Gasteiger partial charge in [0.25, 0.3) is 0 Å². The van der Waals surface area contributed by atoms with Gasteiger partial charge in [0.2, 0.25) is 0 Å². The molecule has 0 aliphatic heterocycles. The quantitative estimate of drug-likeness (QED) is 0.236. The highest BCUT2D eigenvalue weighted by Gasteiger charge is 2.15. The highest BCUT2D eigenvalue weighted by molar-refractivity contribution is 6.08. The molecule has 162 valence electrons. The average molecular weight is 426 g/mol. The summed E-state index contributed by atoms with van der Waals surface area (Å²) < 4.78 is 8.44. The molecule has 4 heteroatoms. The van der Waals surface area contributed by atoms with E-state index in [0.29, 0.717) is 6.54 Å². The Balaban J connectivity index is 0.000000567. The van der Waals surface area contributed by atoms with Crippen molar-refractivity contribution < 1.29 is 14.6 Å². The van der Waals surface area contributed by atoms with Crippen LogP contribution in [0.1, 0.15) is 13.8 Å². The maximum atomic E-state index is 9.40. The molecule has 4 nitrogen and oxygen atoms in total. The van der Waals surface area contributed by atoms with Crippen LogP contribution in [0.3, 0.4) is 0 Å². The van der Waals surface area contributed by atoms with Crippen LogP contribution in [0, 0.1) is 0 Å². The van der Waals surface area contributed by atoms with Crippen molar-refractivity contribution in [3.8, 4) is 11.5 Å². The number of rotatable bonds is 4. The molecule has 3 aromatic carbocycles. The van der Waals surface area contributed by atoms with Gasteiger partial charge in [-0.2, -0.15) is 0 Å². The van der Waals surface area contributed by atoms with Crippen LogP contribution in [-0.4, -0.2) is 21.4 Å². The SMILES string of the molecule is C/C(=C\Cn1c(-c2cc3ccccc3o2)cc2c3ccccc3ccc21)CO.C/C=C/O. The van der Waals surface area contributed by atoms with Gasteiger partial charge in [-0.15, -0.1) is 0 Å². The fourth-order valence-electron chi connectivity index (χ4n) is 3.84. The Morgan fingerprint density at radius 3 is 2.38 bits per heavy atom. The number of hydrogen-bond acceptors (Lipinski definition) is 3. The van der Waals surface area contributed by atoms with E-state index < -0.39 is 0 Å². The standard InChI is InChI=1S/C25H21NO2.C3H6O/c1-17(16-27)12-13-26-22-11-10-18-6-2-4-8-20(18)21(22)15-23(26)25-14-19-7-3-5-9-24(19)28-25;1-2-3-4/h2-12,14-15,27H,13,16H2,1H3;2-4H,1H3/b17-12+;3-2+. The van der Waals surface area contributed by atoms with Gasteiger partial charge in [0.15, 0.2) is 5.76 Å². The minimum Gasteiger partial charge on any atom is -0.516 e. The Kier molecular flexibility index (Phi) is 6.43. The van der Waals surface area contributed by atoms with E-state index in [1.165, 1.54) is 16.2 Å². The minimum absolute atomic E-state index is 0.0715. The topological polar surface area (TPSA) is 58.5 Å². The van der Waals surface area contributed by atoms with Gasteiger partial charge in [-0.25, -0.2) is 0 Å². The van der Waals surface area contributed by atoms with Crippen LogP contribution in [0.5, 0.6) is 0 Å². The molecular weight excluding hydrogens is 398 g/mol. The zero-order valence-corrected chi connectivity index (χ0v) is 18.3. The first-order valence-electron chi connectivity index (χ1n) is 10.7. The Bertz CT molecular complexity index is 1380. The summed E-state index contributed by atoms with van der Waals surface area (Å²) in [5, 5.41) is 21.9. The van der Waals surface area contributed by atoms with Crippen molar-refractivity contribution in [1.29, 1.82) is 0 Å². The summed E-state index contributed by atoms with van der Waals surface area (Å²) >= 11 is 0. The monoisotopic (exact) mass is 425 g/mol. The lowest BCUT2D eigenvalue weighted by atomic mass is 10.1. The van der Waals surface area contributed by atoms with Gasteiger partial charge in [-0.05, 0) is 48.9 Å². The molecule has 2 N–H and O–H groups in total. The second-order valence-corrected chi connectivity index (χ2v) is 7.70. The van der Waals surface area contributed by atoms with E-state index in [4.69, 9.17) is 9.52 Å². The van der Waals surface area contributed by atoms with Gasteiger partial charge in [0.1, 0.15) is 5.58 Å². The van der Waals surface area contributed by atoms with E-state index in [9.17, 15) is 5.11 Å². The molecule has 0 aliphatic carbocycles. The molecule has 0 radical (unpaired) electrons. The van der Waals surface area contributed by atoms with Crippen molar-refractivity contribution in [2.24, 2.45) is 0 Å². The predicted octanol–water partition coefficient (Wildman–Crippen LogP) is 7.22. The number of allylic oxidation sites excluding steroid dienone is 2. The highest BCUT2D eigenvalue weighted by Crippen LogP contribution is 2.35. The van der Waals surface area contributed by atoms with Crippen LogP contribution in [0.15, 0.2) is 101 Å². The number of aliphatic hydroxyl groups is 2. The lowest BCUT2D eigenvalue weighted by Crippen LogP contribution is -1.99. The van der Waals surface area contributed by atoms with Gasteiger partial charge < -0.3 is 19.2 Å². The smallest absolute Gasteiger partial charge is 0.151 e. The molecule has 5 rings (SSSR count). The molecule has 0 unspecified atom stereocenters. The van der Waals surface area contributed by atoms with Crippen LogP contribution in [0.25, 0.3) is 44.1 Å². The summed E-state index contributed by atoms with van der Waals surface area (Å²) in [6, 6.07) is 25.2. The number of aliphatic hydroxyl groups excluding tert-OH is 2. The maximum absolute atomic E-state index is 9.40. The summed E-state index contributed by atoms with van der Waals surface area (Å²) in [4.78, 5) is 0. The second kappa shape index (κ2) is 9.58. The van der Waals surface area contributed by atoms with Crippen molar-refractivity contribution >= 4 is 32.6 Å². The number of fused-ring (bicyclic) bond motifs is 4. The van der Waals surface area contributed by atoms with Crippen LogP contribution < -0.4 is 0 Å². The first kappa shape index (κ1) is 21.5. The van der Waals surface area contributed by atoms with Gasteiger partial charge in [-0.3, -0.25) is 0 Å². The summed E-state index contributed by atoms with van der Waals surface area (Å²) in [5.41, 5.74) is 4.06. The summed E-state index contributed by atoms with van der Waals surface area (Å²) in [6.45, 7) is 4.45. The van der Waals surface area contributed by atoms with Crippen molar-refractivity contribution in [1.82, 2.24) is 4.57 Å². The molecule has 0 saturated carbocycles. The van der Waals surface area contributed by atoms with Crippen molar-refractivity contribution in [2.45, 2.75) is 20.4 Å². The first-order valence-corrected chi connectivity index (χ1v) is 10.7. The molecule has 2 aromatic heterocycles. The Morgan fingerprint density at radius 2 is 1.66 bits per heavy atom. The predicted molar refractivity (Wildman–Crippen MR) is 133 cm³/mol. The lowest BCUT2D eigenvalue weighted by molar-refractivity contribution is 0.331. The molecule has 0 amide bonds. The van der Waals surface area contributed by atoms with Crippen molar-refractivity contribution in [3.05, 3.63) is 96.8 Å². The molecule has 5 aromatic rings. The fraction of sp³-hybridized carbons (Fsp3) is 0.143. The minimum atomic E-state index is 0.0715. The number of furan rings is 1. The summed E-state index contributed by atoms with van der Waals surface area (Å²) in [6.07, 6.45) is 4.63. The number of para-hydroxylation sites is 1. The van der Waals surface area contributed by atoms with Crippen LogP contribution in [0.2, 0.25) is 0 Å². The van der Waals surface area contributed by atoms with Crippen molar-refractivity contribution in [2.75, 3.05) is 6.61 Å². The van der Waals surface area contributed by atoms with Gasteiger partial charge in [0, 0.05) is 22.8 Å². The lowest BCUT2D eigenvalue weighted by Gasteiger charge is -2.08. The van der Waals surface area contributed by atoms with E-state index in [-0.39, 0.29) is 6.61 Å². The third-order valence-corrected chi connectivity index (χ3v) is 5.51. The zero-order valence-electron chi connectivity index (χ0n) is 18.3. The normalized spacial score (nSPS) is 12.0. The zero-order chi connectivity index (χ0) is 22.5. The van der Waals surface area contributed by atoms with Crippen LogP contribution in [0.4, 0.5) is 0 Å². The van der Waals surface area contributed by atoms with Gasteiger partial charge in [0.05, 0.1) is 18.6 Å². The van der Waals surface area contributed by atoms with Gasteiger partial charge >= 0.3 is 0 Å². The van der Waals surface area contributed by atoms with E-state index >= 15 is 0 Å². The van der Waals surface area contributed by atoms with Crippen LogP contribution >= 0.6 is 0 Å². The second-order valence-electron chi connectivity index (χ2n) is 7.70. The average Bonchev–Trinajstić information content (AvgIpc) is 3.44. The summed E-state index contributed by atoms with van der Waals surface area (Å²) in [7, 11) is 0. The number of hydrogen-bond donors (Lipinski definition) is 2. The molecule has 2 heterocycles. The fourth-order valence-corrected chi connectivity index (χ4v) is 3.84. The molecule has 0 atom stereocenters.